The molecule has 0 spiro atoms. The number of ether oxygens (including phenoxy) is 1. The van der Waals surface area contributed by atoms with Crippen LogP contribution in [-0.2, 0) is 14.8 Å². The molecule has 15 heavy (non-hydrogen) atoms. The Morgan fingerprint density at radius 3 is 2.40 bits per heavy atom. The Morgan fingerprint density at radius 2 is 1.93 bits per heavy atom. The molecule has 6 heteroatoms. The zero-order chi connectivity index (χ0) is 11.3. The molecule has 0 aliphatic heterocycles. The van der Waals surface area contributed by atoms with Crippen LogP contribution in [0.5, 0.6) is 0 Å². The Balaban J connectivity index is 2.65. The van der Waals surface area contributed by atoms with E-state index >= 15 is 0 Å². The van der Waals surface area contributed by atoms with Crippen molar-refractivity contribution in [1.29, 1.82) is 0 Å². The van der Waals surface area contributed by atoms with Crippen LogP contribution in [0, 0.1) is 0 Å². The van der Waals surface area contributed by atoms with Crippen LogP contribution in [0.15, 0.2) is 29.2 Å². The molecule has 0 amide bonds. The quantitative estimate of drug-likeness (QED) is 0.600. The van der Waals surface area contributed by atoms with Gasteiger partial charge in [-0.15, -0.1) is 0 Å². The average molecular weight is 294 g/mol. The van der Waals surface area contributed by atoms with E-state index in [1.165, 1.54) is 0 Å². The molecule has 0 aliphatic carbocycles. The van der Waals surface area contributed by atoms with E-state index in [1.807, 2.05) is 0 Å². The first-order valence-electron chi connectivity index (χ1n) is 4.28. The normalized spacial score (nSPS) is 11.6. The first-order valence-corrected chi connectivity index (χ1v) is 7.90. The molecular formula is C9H13NO3SSe. The third-order valence-corrected chi connectivity index (χ3v) is 4.69. The van der Waals surface area contributed by atoms with Crippen LogP contribution >= 0.6 is 0 Å². The Kier molecular flexibility index (Phi) is 4.76. The first-order chi connectivity index (χ1) is 7.04. The van der Waals surface area contributed by atoms with E-state index < -0.39 is 10.0 Å². The molecule has 0 radical (unpaired) electrons. The summed E-state index contributed by atoms with van der Waals surface area (Å²) < 4.78 is 28.0. The number of nitrogens with two attached hydrogens (primary N) is 1. The third kappa shape index (κ3) is 4.32. The Hall–Kier alpha value is -0.391. The van der Waals surface area contributed by atoms with Crippen LogP contribution in [0.3, 0.4) is 0 Å². The van der Waals surface area contributed by atoms with E-state index in [9.17, 15) is 8.42 Å². The van der Waals surface area contributed by atoms with Gasteiger partial charge in [0, 0.05) is 0 Å². The Labute approximate surface area is 96.0 Å². The summed E-state index contributed by atoms with van der Waals surface area (Å²) in [5.74, 6) is 0. The molecule has 0 atom stereocenters. The summed E-state index contributed by atoms with van der Waals surface area (Å²) in [4.78, 5) is 0.161. The van der Waals surface area contributed by atoms with E-state index in [-0.39, 0.29) is 4.90 Å². The van der Waals surface area contributed by atoms with Gasteiger partial charge in [-0.2, -0.15) is 0 Å². The summed E-state index contributed by atoms with van der Waals surface area (Å²) in [5, 5.41) is 5.97. The number of rotatable bonds is 5. The standard InChI is InChI=1S/C9H13NO3SSe/c1-13-6-7-15-9-4-2-8(3-5-9)14(10,11)12/h2-5H,6-7H2,1H3,(H2,10,11,12). The molecule has 0 bridgehead atoms. The minimum atomic E-state index is -3.56. The second kappa shape index (κ2) is 5.63. The van der Waals surface area contributed by atoms with E-state index in [4.69, 9.17) is 9.88 Å². The average Bonchev–Trinajstić information content (AvgIpc) is 2.18. The summed E-state index contributed by atoms with van der Waals surface area (Å²) in [5.41, 5.74) is 0. The summed E-state index contributed by atoms with van der Waals surface area (Å²) in [7, 11) is -1.90. The SMILES string of the molecule is COCC[Se]c1ccc(S(N)(=O)=O)cc1. The molecule has 1 aromatic carbocycles. The van der Waals surface area contributed by atoms with Gasteiger partial charge in [-0.25, -0.2) is 0 Å². The van der Waals surface area contributed by atoms with Crippen LogP contribution in [0.1, 0.15) is 0 Å². The molecular weight excluding hydrogens is 281 g/mol. The fourth-order valence-electron chi connectivity index (χ4n) is 0.968. The predicted octanol–water partition coefficient (Wildman–Crippen LogP) is -0.272. The van der Waals surface area contributed by atoms with Gasteiger partial charge in [0.05, 0.1) is 0 Å². The summed E-state index contributed by atoms with van der Waals surface area (Å²) >= 11 is 0.326. The van der Waals surface area contributed by atoms with Crippen molar-refractivity contribution in [1.82, 2.24) is 0 Å². The molecule has 0 saturated carbocycles. The number of benzene rings is 1. The van der Waals surface area contributed by atoms with Gasteiger partial charge in [-0.3, -0.25) is 0 Å². The van der Waals surface area contributed by atoms with Crippen LogP contribution in [0.25, 0.3) is 0 Å². The van der Waals surface area contributed by atoms with Gasteiger partial charge >= 0.3 is 95.9 Å². The molecule has 0 unspecified atom stereocenters. The van der Waals surface area contributed by atoms with Crippen molar-refractivity contribution in [3.8, 4) is 0 Å². The van der Waals surface area contributed by atoms with Gasteiger partial charge in [0.25, 0.3) is 0 Å². The van der Waals surface area contributed by atoms with Crippen molar-refractivity contribution >= 4 is 29.4 Å². The van der Waals surface area contributed by atoms with Gasteiger partial charge in [-0.1, -0.05) is 0 Å². The molecule has 0 aliphatic rings. The fraction of sp³-hybridized carbons (Fsp3) is 0.333. The van der Waals surface area contributed by atoms with Crippen LogP contribution in [0.4, 0.5) is 0 Å². The molecule has 1 aromatic rings. The van der Waals surface area contributed by atoms with E-state index in [0.29, 0.717) is 15.0 Å². The zero-order valence-electron chi connectivity index (χ0n) is 8.34. The van der Waals surface area contributed by atoms with E-state index in [1.54, 1.807) is 31.4 Å². The van der Waals surface area contributed by atoms with E-state index in [2.05, 4.69) is 0 Å². The minimum absolute atomic E-state index is 0.161. The molecule has 0 saturated heterocycles. The third-order valence-electron chi connectivity index (χ3n) is 1.71. The summed E-state index contributed by atoms with van der Waals surface area (Å²) in [6, 6.07) is 6.68. The maximum absolute atomic E-state index is 11.0. The van der Waals surface area contributed by atoms with Crippen LogP contribution < -0.4 is 9.60 Å². The summed E-state index contributed by atoms with van der Waals surface area (Å²) in [6.07, 6.45) is 0. The van der Waals surface area contributed by atoms with Crippen molar-refractivity contribution in [3.05, 3.63) is 24.3 Å². The van der Waals surface area contributed by atoms with Crippen LogP contribution in [-0.4, -0.2) is 37.1 Å². The maximum atomic E-state index is 11.0. The number of hydrogen-bond donors (Lipinski definition) is 1. The molecule has 0 fully saturated rings. The number of methoxy groups -OCH3 is 1. The van der Waals surface area contributed by atoms with Crippen molar-refractivity contribution in [3.63, 3.8) is 0 Å². The zero-order valence-corrected chi connectivity index (χ0v) is 10.9. The molecule has 84 valence electrons. The number of hydrogen-bond acceptors (Lipinski definition) is 3. The Morgan fingerprint density at radius 1 is 1.33 bits per heavy atom. The molecule has 0 heterocycles. The van der Waals surface area contributed by atoms with Crippen molar-refractivity contribution in [2.45, 2.75) is 10.2 Å². The summed E-state index contributed by atoms with van der Waals surface area (Å²) in [6.45, 7) is 0.733. The second-order valence-corrected chi connectivity index (χ2v) is 6.87. The first kappa shape index (κ1) is 12.7. The van der Waals surface area contributed by atoms with Crippen molar-refractivity contribution < 1.29 is 13.2 Å². The number of primary sulfonamides is 1. The van der Waals surface area contributed by atoms with Crippen molar-refractivity contribution in [2.75, 3.05) is 13.7 Å². The van der Waals surface area contributed by atoms with Gasteiger partial charge < -0.3 is 0 Å². The molecule has 2 N–H and O–H groups in total. The topological polar surface area (TPSA) is 69.4 Å². The monoisotopic (exact) mass is 295 g/mol. The molecule has 4 nitrogen and oxygen atoms in total. The van der Waals surface area contributed by atoms with Crippen LogP contribution in [0.2, 0.25) is 5.32 Å². The fourth-order valence-corrected chi connectivity index (χ4v) is 3.19. The molecule has 0 aromatic heterocycles. The molecule has 1 rings (SSSR count). The van der Waals surface area contributed by atoms with E-state index in [0.717, 1.165) is 16.4 Å². The van der Waals surface area contributed by atoms with Gasteiger partial charge in [-0.05, 0) is 0 Å². The van der Waals surface area contributed by atoms with Gasteiger partial charge in [0.2, 0.25) is 0 Å². The van der Waals surface area contributed by atoms with Gasteiger partial charge in [0.1, 0.15) is 0 Å². The van der Waals surface area contributed by atoms with Crippen molar-refractivity contribution in [2.24, 2.45) is 5.14 Å². The number of sulfonamides is 1. The second-order valence-electron chi connectivity index (χ2n) is 2.86. The van der Waals surface area contributed by atoms with Gasteiger partial charge in [0.15, 0.2) is 0 Å². The predicted molar refractivity (Wildman–Crippen MR) is 59.9 cm³/mol. The Bertz CT molecular complexity index is 402.